The van der Waals surface area contributed by atoms with Crippen LogP contribution in [0.25, 0.3) is 0 Å². The molecule has 0 amide bonds. The molecule has 1 heterocycles. The van der Waals surface area contributed by atoms with E-state index < -0.39 is 0 Å². The molecule has 0 bridgehead atoms. The van der Waals surface area contributed by atoms with Gasteiger partial charge in [0.1, 0.15) is 0 Å². The fraction of sp³-hybridized carbons (Fsp3) is 0.609. The minimum atomic E-state index is 0.259. The Morgan fingerprint density at radius 3 is 1.62 bits per heavy atom. The lowest BCUT2D eigenvalue weighted by atomic mass is 10.2. The van der Waals surface area contributed by atoms with Crippen molar-refractivity contribution in [3.63, 3.8) is 0 Å². The highest BCUT2D eigenvalue weighted by Gasteiger charge is 2.11. The second kappa shape index (κ2) is 16.4. The zero-order valence-corrected chi connectivity index (χ0v) is 19.5. The molecule has 0 unspecified atom stereocenters. The van der Waals surface area contributed by atoms with Crippen molar-refractivity contribution in [1.29, 1.82) is 10.5 Å². The Hall–Kier alpha value is -3.33. The summed E-state index contributed by atoms with van der Waals surface area (Å²) in [5, 5.41) is 17.7. The maximum Gasteiger partial charge on any atom is 0.209 e. The molecular weight excluding hydrogens is 402 g/mol. The summed E-state index contributed by atoms with van der Waals surface area (Å²) in [5.41, 5.74) is 13.9. The van der Waals surface area contributed by atoms with Crippen molar-refractivity contribution in [3.05, 3.63) is 29.6 Å². The summed E-state index contributed by atoms with van der Waals surface area (Å²) in [6.07, 6.45) is 11.4. The Bertz CT molecular complexity index is 741. The fourth-order valence-corrected chi connectivity index (χ4v) is 3.34. The van der Waals surface area contributed by atoms with Gasteiger partial charge in [0.05, 0.1) is 0 Å². The summed E-state index contributed by atoms with van der Waals surface area (Å²) in [6.45, 7) is 7.15. The Balaban J connectivity index is 2.74. The molecule has 0 aromatic carbocycles. The van der Waals surface area contributed by atoms with Crippen LogP contribution in [0.4, 0.5) is 0 Å². The monoisotopic (exact) mass is 439 g/mol. The van der Waals surface area contributed by atoms with Crippen LogP contribution in [0.1, 0.15) is 63.8 Å². The highest BCUT2D eigenvalue weighted by atomic mass is 15.3. The van der Waals surface area contributed by atoms with E-state index in [1.807, 2.05) is 28.0 Å². The van der Waals surface area contributed by atoms with Crippen molar-refractivity contribution < 1.29 is 0 Å². The van der Waals surface area contributed by atoms with Gasteiger partial charge in [0.2, 0.25) is 24.3 Å². The van der Waals surface area contributed by atoms with Crippen molar-refractivity contribution in [2.75, 3.05) is 26.2 Å². The van der Waals surface area contributed by atoms with Crippen molar-refractivity contribution in [2.24, 2.45) is 21.5 Å². The highest BCUT2D eigenvalue weighted by Crippen LogP contribution is 2.07. The molecule has 0 aliphatic carbocycles. The minimum absolute atomic E-state index is 0.259. The lowest BCUT2D eigenvalue weighted by Crippen LogP contribution is -2.39. The average Bonchev–Trinajstić information content (AvgIpc) is 2.79. The zero-order valence-electron chi connectivity index (χ0n) is 19.5. The first-order valence-electron chi connectivity index (χ1n) is 11.4. The predicted molar refractivity (Wildman–Crippen MR) is 128 cm³/mol. The third-order valence-corrected chi connectivity index (χ3v) is 5.18. The first-order valence-corrected chi connectivity index (χ1v) is 11.4. The molecule has 0 atom stereocenters. The van der Waals surface area contributed by atoms with E-state index in [0.717, 1.165) is 63.0 Å². The summed E-state index contributed by atoms with van der Waals surface area (Å²) < 4.78 is 0. The highest BCUT2D eigenvalue weighted by molar-refractivity contribution is 5.79. The lowest BCUT2D eigenvalue weighted by Gasteiger charge is -2.23. The maximum atomic E-state index is 8.83. The molecule has 0 spiro atoms. The van der Waals surface area contributed by atoms with Gasteiger partial charge in [-0.3, -0.25) is 4.98 Å². The largest absolute Gasteiger partial charge is 0.369 e. The van der Waals surface area contributed by atoms with Crippen LogP contribution in [0.15, 0.2) is 28.2 Å². The molecule has 0 fully saturated rings. The maximum absolute atomic E-state index is 8.83. The molecule has 4 N–H and O–H groups in total. The topological polar surface area (TPSA) is 144 Å². The molecular formula is C23H37N9. The van der Waals surface area contributed by atoms with E-state index in [4.69, 9.17) is 27.0 Å². The van der Waals surface area contributed by atoms with E-state index in [0.29, 0.717) is 25.9 Å². The molecule has 32 heavy (non-hydrogen) atoms. The summed E-state index contributed by atoms with van der Waals surface area (Å²) in [7, 11) is 0. The summed E-state index contributed by atoms with van der Waals surface area (Å²) >= 11 is 0. The molecule has 0 saturated carbocycles. The predicted octanol–water partition coefficient (Wildman–Crippen LogP) is 2.74. The van der Waals surface area contributed by atoms with Crippen LogP contribution in [-0.2, 0) is 12.8 Å². The molecule has 1 aromatic heterocycles. The Morgan fingerprint density at radius 1 is 0.812 bits per heavy atom. The van der Waals surface area contributed by atoms with Crippen LogP contribution in [0.3, 0.4) is 0 Å². The number of hydrogen-bond donors (Lipinski definition) is 2. The molecule has 9 nitrogen and oxygen atoms in total. The summed E-state index contributed by atoms with van der Waals surface area (Å²) in [4.78, 5) is 16.1. The van der Waals surface area contributed by atoms with Crippen molar-refractivity contribution in [1.82, 2.24) is 14.8 Å². The fourth-order valence-electron chi connectivity index (χ4n) is 3.34. The lowest BCUT2D eigenvalue weighted by molar-refractivity contribution is 0.398. The number of rotatable bonds is 14. The van der Waals surface area contributed by atoms with Gasteiger partial charge >= 0.3 is 0 Å². The second-order valence-corrected chi connectivity index (χ2v) is 7.65. The molecule has 1 rings (SSSR count). The number of pyridine rings is 1. The Labute approximate surface area is 192 Å². The van der Waals surface area contributed by atoms with Gasteiger partial charge < -0.3 is 21.3 Å². The molecule has 9 heteroatoms. The molecule has 0 aliphatic rings. The second-order valence-electron chi connectivity index (χ2n) is 7.65. The number of unbranched alkanes of at least 4 members (excludes halogenated alkanes) is 4. The van der Waals surface area contributed by atoms with Gasteiger partial charge in [-0.05, 0) is 25.0 Å². The van der Waals surface area contributed by atoms with Gasteiger partial charge in [0.15, 0.2) is 0 Å². The van der Waals surface area contributed by atoms with Gasteiger partial charge in [-0.2, -0.15) is 10.5 Å². The number of nitriles is 2. The van der Waals surface area contributed by atoms with Crippen LogP contribution >= 0.6 is 0 Å². The SMILES string of the molecule is CCCCCN(CCc1cccc(CCN(CCCCC)C(N)=NC#N)n1)C(N)=NC#N. The van der Waals surface area contributed by atoms with Crippen molar-refractivity contribution in [2.45, 2.75) is 65.2 Å². The first-order chi connectivity index (χ1) is 15.5. The molecule has 0 radical (unpaired) electrons. The number of hydrogen-bond acceptors (Lipinski definition) is 5. The van der Waals surface area contributed by atoms with Gasteiger partial charge in [-0.25, -0.2) is 0 Å². The summed E-state index contributed by atoms with van der Waals surface area (Å²) in [6, 6.07) is 5.99. The van der Waals surface area contributed by atoms with E-state index >= 15 is 0 Å². The number of guanidine groups is 2. The zero-order chi connectivity index (χ0) is 23.6. The molecule has 174 valence electrons. The number of aliphatic imine (C=N–C) groups is 2. The quantitative estimate of drug-likeness (QED) is 0.196. The number of nitrogens with two attached hydrogens (primary N) is 2. The minimum Gasteiger partial charge on any atom is -0.369 e. The third kappa shape index (κ3) is 10.6. The average molecular weight is 440 g/mol. The van der Waals surface area contributed by atoms with Crippen LogP contribution < -0.4 is 11.5 Å². The first kappa shape index (κ1) is 26.7. The van der Waals surface area contributed by atoms with Gasteiger partial charge in [-0.15, -0.1) is 9.98 Å². The Morgan fingerprint density at radius 2 is 1.25 bits per heavy atom. The van der Waals surface area contributed by atoms with Gasteiger partial charge in [-0.1, -0.05) is 45.6 Å². The smallest absolute Gasteiger partial charge is 0.209 e. The van der Waals surface area contributed by atoms with Crippen LogP contribution in [0, 0.1) is 22.9 Å². The van der Waals surface area contributed by atoms with Gasteiger partial charge in [0.25, 0.3) is 0 Å². The van der Waals surface area contributed by atoms with Gasteiger partial charge in [0, 0.05) is 50.4 Å². The standard InChI is InChI=1S/C23H37N9/c1-3-5-7-14-31(22(26)28-18-24)16-12-20-10-9-11-21(30-20)13-17-32(15-8-6-4-2)23(27)29-19-25/h9-11H,3-8,12-17H2,1-2H3,(H2,26,28)(H2,27,29). The normalized spacial score (nSPS) is 11.6. The van der Waals surface area contributed by atoms with Crippen LogP contribution in [0.2, 0.25) is 0 Å². The molecule has 1 aromatic rings. The van der Waals surface area contributed by atoms with E-state index in [9.17, 15) is 0 Å². The Kier molecular flexibility index (Phi) is 13.7. The molecule has 0 saturated heterocycles. The molecule has 0 aliphatic heterocycles. The van der Waals surface area contributed by atoms with E-state index in [-0.39, 0.29) is 11.9 Å². The van der Waals surface area contributed by atoms with Crippen LogP contribution in [-0.4, -0.2) is 52.9 Å². The van der Waals surface area contributed by atoms with Crippen molar-refractivity contribution >= 4 is 11.9 Å². The number of aromatic nitrogens is 1. The van der Waals surface area contributed by atoms with E-state index in [2.05, 4.69) is 23.8 Å². The van der Waals surface area contributed by atoms with E-state index in [1.165, 1.54) is 0 Å². The van der Waals surface area contributed by atoms with E-state index in [1.54, 1.807) is 12.4 Å². The number of nitrogens with zero attached hydrogens (tertiary/aromatic N) is 7. The summed E-state index contributed by atoms with van der Waals surface area (Å²) in [5.74, 6) is 0.518. The third-order valence-electron chi connectivity index (χ3n) is 5.18. The van der Waals surface area contributed by atoms with Crippen LogP contribution in [0.5, 0.6) is 0 Å². The van der Waals surface area contributed by atoms with Crippen molar-refractivity contribution in [3.8, 4) is 12.4 Å².